The molecule has 0 saturated heterocycles. The molecule has 1 heteroatoms. The van der Waals surface area contributed by atoms with Crippen LogP contribution in [0.1, 0.15) is 11.1 Å². The molecule has 0 atom stereocenters. The van der Waals surface area contributed by atoms with Gasteiger partial charge in [-0.15, -0.1) is 0 Å². The first-order valence-corrected chi connectivity index (χ1v) is 3.92. The lowest BCUT2D eigenvalue weighted by Crippen LogP contribution is -2.05. The van der Waals surface area contributed by atoms with Crippen LogP contribution >= 0.6 is 8.19 Å². The highest BCUT2D eigenvalue weighted by Crippen LogP contribution is 2.24. The average Bonchev–Trinajstić information content (AvgIpc) is 1.72. The molecule has 0 aliphatic heterocycles. The Balaban J connectivity index is 2.62. The van der Waals surface area contributed by atoms with Crippen molar-refractivity contribution in [1.29, 1.82) is 0 Å². The Morgan fingerprint density at radius 1 is 1.25 bits per heavy atom. The van der Waals surface area contributed by atoms with Crippen LogP contribution in [0.25, 0.3) is 0 Å². The third-order valence-electron chi connectivity index (χ3n) is 1.67. The summed E-state index contributed by atoms with van der Waals surface area (Å²) in [4.78, 5) is 0. The van der Waals surface area contributed by atoms with Crippen molar-refractivity contribution in [3.05, 3.63) is 28.8 Å². The van der Waals surface area contributed by atoms with Gasteiger partial charge in [-0.25, -0.2) is 0 Å². The van der Waals surface area contributed by atoms with Gasteiger partial charge in [-0.2, -0.15) is 0 Å². The molecule has 1 aromatic rings. The van der Waals surface area contributed by atoms with Crippen LogP contribution in [0.5, 0.6) is 0 Å². The maximum atomic E-state index is 2.30. The fourth-order valence-electron chi connectivity index (χ4n) is 1.02. The third-order valence-corrected chi connectivity index (χ3v) is 2.45. The van der Waals surface area contributed by atoms with E-state index in [1.54, 1.807) is 11.1 Å². The van der Waals surface area contributed by atoms with E-state index in [1.807, 2.05) is 0 Å². The Morgan fingerprint density at radius 2 is 2.12 bits per heavy atom. The molecule has 0 N–H and O–H groups in total. The maximum Gasteiger partial charge on any atom is -0.0232 e. The number of aryl methyl sites for hydroxylation is 2. The summed E-state index contributed by atoms with van der Waals surface area (Å²) in [5.74, 6) is 4.51. The fraction of sp³-hybridized carbons (Fsp3) is 0.286. The van der Waals surface area contributed by atoms with E-state index in [2.05, 4.69) is 17.7 Å². The molecular formula is C7H7P. The van der Waals surface area contributed by atoms with Crippen molar-refractivity contribution in [2.45, 2.75) is 12.8 Å². The number of fused-ring (bicyclic) bond motifs is 1. The van der Waals surface area contributed by atoms with Crippen molar-refractivity contribution in [2.75, 3.05) is 0 Å². The molecule has 0 fully saturated rings. The van der Waals surface area contributed by atoms with E-state index < -0.39 is 0 Å². The van der Waals surface area contributed by atoms with Gasteiger partial charge in [0.15, 0.2) is 0 Å². The van der Waals surface area contributed by atoms with E-state index in [9.17, 15) is 0 Å². The lowest BCUT2D eigenvalue weighted by molar-refractivity contribution is 0.846. The summed E-state index contributed by atoms with van der Waals surface area (Å²) in [5.41, 5.74) is 3.16. The van der Waals surface area contributed by atoms with E-state index in [0.29, 0.717) is 0 Å². The largest absolute Gasteiger partial charge is 0.0762 e. The van der Waals surface area contributed by atoms with Gasteiger partial charge in [-0.3, -0.25) is 0 Å². The highest BCUT2D eigenvalue weighted by molar-refractivity contribution is 7.28. The number of hydrogen-bond acceptors (Lipinski definition) is 0. The lowest BCUT2D eigenvalue weighted by atomic mass is 9.92. The zero-order valence-electron chi connectivity index (χ0n) is 4.59. The topological polar surface area (TPSA) is 0 Å². The Hall–Kier alpha value is -0.350. The molecule has 8 heavy (non-hydrogen) atoms. The monoisotopic (exact) mass is 122 g/mol. The highest BCUT2D eigenvalue weighted by atomic mass is 31.0. The molecule has 0 saturated carbocycles. The van der Waals surface area contributed by atoms with Gasteiger partial charge in [-0.1, -0.05) is 14.3 Å². The van der Waals surface area contributed by atoms with Crippen LogP contribution in [0.15, 0.2) is 17.7 Å². The second kappa shape index (κ2) is 1.56. The van der Waals surface area contributed by atoms with Gasteiger partial charge >= 0.3 is 0 Å². The van der Waals surface area contributed by atoms with Crippen LogP contribution in [0.3, 0.4) is 0 Å². The van der Waals surface area contributed by atoms with Crippen molar-refractivity contribution in [2.24, 2.45) is 0 Å². The molecule has 1 aliphatic carbocycles. The molecule has 0 amide bonds. The first-order chi connectivity index (χ1) is 3.97. The molecule has 40 valence electrons. The van der Waals surface area contributed by atoms with Crippen LogP contribution in [-0.4, -0.2) is 0 Å². The summed E-state index contributed by atoms with van der Waals surface area (Å²) in [7, 11) is 1.38. The van der Waals surface area contributed by atoms with Gasteiger partial charge in [0, 0.05) is 0 Å². The molecule has 0 spiro atoms. The highest BCUT2D eigenvalue weighted by Gasteiger charge is 2.09. The van der Waals surface area contributed by atoms with Crippen molar-refractivity contribution in [1.82, 2.24) is 0 Å². The van der Waals surface area contributed by atoms with Crippen LogP contribution in [0.2, 0.25) is 0 Å². The summed E-state index contributed by atoms with van der Waals surface area (Å²) in [6.07, 6.45) is 2.64. The molecule has 0 bridgehead atoms. The predicted octanol–water partition coefficient (Wildman–Crippen LogP) is 2.37. The Kier molecular flexibility index (Phi) is 0.884. The summed E-state index contributed by atoms with van der Waals surface area (Å²) in [6.45, 7) is 0. The maximum absolute atomic E-state index is 2.30. The van der Waals surface area contributed by atoms with Gasteiger partial charge in [0.25, 0.3) is 0 Å². The predicted molar refractivity (Wildman–Crippen MR) is 36.4 cm³/mol. The normalized spacial score (nSPS) is 15.5. The second-order valence-electron chi connectivity index (χ2n) is 2.14. The van der Waals surface area contributed by atoms with E-state index in [0.717, 1.165) is 0 Å². The van der Waals surface area contributed by atoms with E-state index in [4.69, 9.17) is 0 Å². The average molecular weight is 122 g/mol. The van der Waals surface area contributed by atoms with E-state index in [-0.39, 0.29) is 0 Å². The number of rotatable bonds is 0. The van der Waals surface area contributed by atoms with Gasteiger partial charge in [-0.05, 0) is 35.6 Å². The zero-order valence-corrected chi connectivity index (χ0v) is 5.49. The van der Waals surface area contributed by atoms with Crippen molar-refractivity contribution >= 4 is 8.19 Å². The molecule has 1 heterocycles. The second-order valence-corrected chi connectivity index (χ2v) is 3.00. The lowest BCUT2D eigenvalue weighted by Gasteiger charge is -2.16. The summed E-state index contributed by atoms with van der Waals surface area (Å²) >= 11 is 0. The van der Waals surface area contributed by atoms with Crippen LogP contribution < -0.4 is 0 Å². The minimum Gasteiger partial charge on any atom is -0.0762 e. The Morgan fingerprint density at radius 3 is 2.50 bits per heavy atom. The first kappa shape index (κ1) is 4.52. The summed E-state index contributed by atoms with van der Waals surface area (Å²) < 4.78 is 0. The van der Waals surface area contributed by atoms with Crippen molar-refractivity contribution in [3.8, 4) is 0 Å². The first-order valence-electron chi connectivity index (χ1n) is 2.88. The molecule has 1 aliphatic rings. The van der Waals surface area contributed by atoms with Gasteiger partial charge < -0.3 is 0 Å². The van der Waals surface area contributed by atoms with Crippen LogP contribution in [-0.2, 0) is 12.8 Å². The summed E-state index contributed by atoms with van der Waals surface area (Å²) in [6, 6.07) is 2.25. The van der Waals surface area contributed by atoms with Crippen LogP contribution in [0, 0.1) is 0 Å². The third kappa shape index (κ3) is 0.499. The molecule has 0 radical (unpaired) electrons. The Labute approximate surface area is 50.7 Å². The summed E-state index contributed by atoms with van der Waals surface area (Å²) in [5, 5.41) is 0. The quantitative estimate of drug-likeness (QED) is 0.495. The fourth-order valence-corrected chi connectivity index (χ4v) is 1.84. The molecular weight excluding hydrogens is 115 g/mol. The Bertz CT molecular complexity index is 182. The van der Waals surface area contributed by atoms with Gasteiger partial charge in [0.05, 0.1) is 0 Å². The van der Waals surface area contributed by atoms with Crippen molar-refractivity contribution < 1.29 is 0 Å². The molecule has 2 rings (SSSR count). The molecule has 0 unspecified atom stereocenters. The molecule has 0 aromatic carbocycles. The van der Waals surface area contributed by atoms with Crippen molar-refractivity contribution in [3.63, 3.8) is 0 Å². The van der Waals surface area contributed by atoms with Gasteiger partial charge in [0.1, 0.15) is 0 Å². The SMILES string of the molecule is c1cc2c(cp1)CC2. The smallest absolute Gasteiger partial charge is 0.0232 e. The van der Waals surface area contributed by atoms with Gasteiger partial charge in [0.2, 0.25) is 0 Å². The molecule has 1 aromatic heterocycles. The minimum atomic E-state index is 1.32. The zero-order chi connectivity index (χ0) is 5.40. The van der Waals surface area contributed by atoms with E-state index >= 15 is 0 Å². The minimum absolute atomic E-state index is 1.32. The molecule has 0 nitrogen and oxygen atoms in total. The van der Waals surface area contributed by atoms with Crippen LogP contribution in [0.4, 0.5) is 0 Å². The number of hydrogen-bond donors (Lipinski definition) is 0. The standard InChI is InChI=1S/C7H7P/c1-2-7-5-8-4-3-6(1)7/h3-5H,1-2H2. The van der Waals surface area contributed by atoms with E-state index in [1.165, 1.54) is 21.0 Å².